The molecule has 0 aromatic heterocycles. The molecule has 324 valence electrons. The molecule has 2 saturated heterocycles. The fourth-order valence-electron chi connectivity index (χ4n) is 14.6. The van der Waals surface area contributed by atoms with Crippen molar-refractivity contribution in [1.82, 2.24) is 5.32 Å². The molecule has 0 bridgehead atoms. The molecule has 0 spiro atoms. The second-order valence-corrected chi connectivity index (χ2v) is 20.9. The summed E-state index contributed by atoms with van der Waals surface area (Å²) in [4.78, 5) is 14.2. The summed E-state index contributed by atoms with van der Waals surface area (Å²) in [7, 11) is 0. The summed E-state index contributed by atoms with van der Waals surface area (Å²) in [6, 6.07) is 0. The summed E-state index contributed by atoms with van der Waals surface area (Å²) in [5, 5.41) is 67.8. The van der Waals surface area contributed by atoms with Crippen LogP contribution in [0.4, 0.5) is 0 Å². The summed E-state index contributed by atoms with van der Waals surface area (Å²) < 4.78 is 24.5. The first kappa shape index (κ1) is 43.6. The SMILES string of the molecule is C=C(C)CNC(=O)[C@]12CC[C@@H](C(=C)C)[C@@H]1[C@H]1CC[C@@H]3[C@@]4(C)CC[C@H](O[C@@H]5OC[C@H](O)[C@H](O)[C@H]5O[C@@H]5O[C@@H](C)[C@H](O)[C@@H](O)[C@H]5O)[C@@](C)(CO)[C@@H]4CC[C@@]3(C)[C@]1(C)CC2. The first-order valence-electron chi connectivity index (χ1n) is 21.9. The van der Waals surface area contributed by atoms with Crippen LogP contribution in [0.3, 0.4) is 0 Å². The van der Waals surface area contributed by atoms with Gasteiger partial charge in [0.15, 0.2) is 12.6 Å². The van der Waals surface area contributed by atoms with E-state index in [9.17, 15) is 35.4 Å². The Hall–Kier alpha value is -1.45. The van der Waals surface area contributed by atoms with E-state index >= 15 is 0 Å². The predicted molar refractivity (Wildman–Crippen MR) is 212 cm³/mol. The van der Waals surface area contributed by atoms with E-state index < -0.39 is 66.8 Å². The summed E-state index contributed by atoms with van der Waals surface area (Å²) in [5.74, 6) is 1.70. The maximum absolute atomic E-state index is 14.2. The van der Waals surface area contributed by atoms with Gasteiger partial charge in [0.05, 0.1) is 30.8 Å². The van der Waals surface area contributed by atoms with Crippen molar-refractivity contribution in [1.29, 1.82) is 0 Å². The first-order valence-corrected chi connectivity index (χ1v) is 21.9. The Kier molecular flexibility index (Phi) is 11.8. The minimum atomic E-state index is -1.62. The van der Waals surface area contributed by atoms with Crippen LogP contribution in [-0.4, -0.2) is 118 Å². The molecule has 7 N–H and O–H groups in total. The van der Waals surface area contributed by atoms with E-state index in [1.54, 1.807) is 6.92 Å². The van der Waals surface area contributed by atoms with Crippen molar-refractivity contribution in [3.05, 3.63) is 24.3 Å². The van der Waals surface area contributed by atoms with Gasteiger partial charge in [-0.2, -0.15) is 0 Å². The second-order valence-electron chi connectivity index (χ2n) is 20.9. The number of nitrogens with one attached hydrogen (secondary N) is 1. The lowest BCUT2D eigenvalue weighted by molar-refractivity contribution is -0.366. The fraction of sp³-hybridized carbons (Fsp3) is 0.889. The number of ether oxygens (including phenoxy) is 4. The van der Waals surface area contributed by atoms with Gasteiger partial charge in [0.25, 0.3) is 0 Å². The highest BCUT2D eigenvalue weighted by Crippen LogP contribution is 2.77. The lowest BCUT2D eigenvalue weighted by Gasteiger charge is -2.73. The molecule has 0 aromatic carbocycles. The predicted octanol–water partition coefficient (Wildman–Crippen LogP) is 3.98. The van der Waals surface area contributed by atoms with Crippen molar-refractivity contribution in [2.45, 2.75) is 174 Å². The summed E-state index contributed by atoms with van der Waals surface area (Å²) in [6.45, 7) is 24.0. The molecule has 7 aliphatic rings. The normalized spacial score (nSPS) is 53.5. The van der Waals surface area contributed by atoms with E-state index in [2.05, 4.69) is 53.1 Å². The molecule has 20 atom stereocenters. The van der Waals surface area contributed by atoms with E-state index in [4.69, 9.17) is 18.9 Å². The van der Waals surface area contributed by atoms with Crippen LogP contribution < -0.4 is 5.32 Å². The maximum atomic E-state index is 14.2. The standard InChI is InChI=1S/C45H73NO11/c1-23(2)20-46-40(53)45-17-12-26(24(3)4)32(45)27-10-11-30-41(6)15-14-31(42(7,22-47)29(41)13-16-44(30,9)43(27,8)18-19-45)56-39-37(34(50)28(48)21-54-39)57-38-36(52)35(51)33(49)25(5)55-38/h25-39,47-52H,1,3,10-22H2,2,4-9H3,(H,46,53)/t25-,26-,27+,28-,29+,30+,31-,32+,33-,34-,35+,36+,37+,38-,39-,41-,42-,43+,44+,45-/m0/s1. The van der Waals surface area contributed by atoms with E-state index in [-0.39, 0.29) is 52.6 Å². The van der Waals surface area contributed by atoms with Crippen LogP contribution in [0.15, 0.2) is 24.3 Å². The van der Waals surface area contributed by atoms with Crippen molar-refractivity contribution in [3.8, 4) is 0 Å². The average Bonchev–Trinajstić information content (AvgIpc) is 3.57. The largest absolute Gasteiger partial charge is 0.396 e. The lowest BCUT2D eigenvalue weighted by Crippen LogP contribution is -2.68. The highest BCUT2D eigenvalue weighted by Gasteiger charge is 2.72. The molecule has 12 heteroatoms. The Labute approximate surface area is 339 Å². The number of amides is 1. The van der Waals surface area contributed by atoms with Gasteiger partial charge in [0.2, 0.25) is 5.91 Å². The zero-order valence-corrected chi connectivity index (χ0v) is 35.5. The third kappa shape index (κ3) is 6.65. The minimum Gasteiger partial charge on any atom is -0.396 e. The molecule has 7 rings (SSSR count). The van der Waals surface area contributed by atoms with Gasteiger partial charge in [-0.05, 0) is 131 Å². The topological polar surface area (TPSA) is 187 Å². The van der Waals surface area contributed by atoms with Crippen LogP contribution in [0.1, 0.15) is 113 Å². The molecule has 2 aliphatic heterocycles. The molecule has 2 heterocycles. The maximum Gasteiger partial charge on any atom is 0.226 e. The average molecular weight is 804 g/mol. The van der Waals surface area contributed by atoms with Crippen molar-refractivity contribution in [2.24, 2.45) is 56.7 Å². The molecular weight excluding hydrogens is 730 g/mol. The number of rotatable bonds is 9. The van der Waals surface area contributed by atoms with E-state index in [0.29, 0.717) is 30.7 Å². The number of hydrogen-bond donors (Lipinski definition) is 7. The van der Waals surface area contributed by atoms with Gasteiger partial charge in [0, 0.05) is 12.0 Å². The molecular formula is C45H73NO11. The lowest BCUT2D eigenvalue weighted by atomic mass is 9.32. The minimum absolute atomic E-state index is 0.0234. The molecule has 57 heavy (non-hydrogen) atoms. The molecule has 0 aromatic rings. The van der Waals surface area contributed by atoms with Crippen molar-refractivity contribution in [2.75, 3.05) is 19.8 Å². The molecule has 1 amide bonds. The number of aliphatic hydroxyl groups excluding tert-OH is 6. The van der Waals surface area contributed by atoms with Crippen LogP contribution in [0.2, 0.25) is 0 Å². The van der Waals surface area contributed by atoms with Crippen molar-refractivity contribution < 1.29 is 54.4 Å². The number of fused-ring (bicyclic) bond motifs is 7. The van der Waals surface area contributed by atoms with Gasteiger partial charge in [-0.25, -0.2) is 0 Å². The monoisotopic (exact) mass is 804 g/mol. The quantitative estimate of drug-likeness (QED) is 0.132. The molecule has 0 unspecified atom stereocenters. The molecule has 5 aliphatic carbocycles. The molecule has 12 nitrogen and oxygen atoms in total. The van der Waals surface area contributed by atoms with Crippen LogP contribution in [-0.2, 0) is 23.7 Å². The van der Waals surface area contributed by atoms with Gasteiger partial charge < -0.3 is 54.9 Å². The molecule has 7 fully saturated rings. The number of allylic oxidation sites excluding steroid dienone is 1. The Morgan fingerprint density at radius 2 is 1.51 bits per heavy atom. The van der Waals surface area contributed by atoms with E-state index in [1.165, 1.54) is 5.57 Å². The zero-order valence-electron chi connectivity index (χ0n) is 35.5. The number of carbonyl (C=O) groups is 1. The Morgan fingerprint density at radius 1 is 0.789 bits per heavy atom. The third-order valence-corrected chi connectivity index (χ3v) is 18.0. The Morgan fingerprint density at radius 3 is 2.18 bits per heavy atom. The van der Waals surface area contributed by atoms with Crippen LogP contribution >= 0.6 is 0 Å². The highest BCUT2D eigenvalue weighted by molar-refractivity contribution is 5.84. The van der Waals surface area contributed by atoms with Gasteiger partial charge in [-0.3, -0.25) is 4.79 Å². The summed E-state index contributed by atoms with van der Waals surface area (Å²) in [5.41, 5.74) is 1.06. The fourth-order valence-corrected chi connectivity index (χ4v) is 14.6. The second kappa shape index (κ2) is 15.5. The summed E-state index contributed by atoms with van der Waals surface area (Å²) >= 11 is 0. The van der Waals surface area contributed by atoms with Gasteiger partial charge >= 0.3 is 0 Å². The number of carbonyl (C=O) groups excluding carboxylic acids is 1. The number of aliphatic hydroxyl groups is 6. The summed E-state index contributed by atoms with van der Waals surface area (Å²) in [6.07, 6.45) is -3.07. The van der Waals surface area contributed by atoms with Crippen LogP contribution in [0.5, 0.6) is 0 Å². The van der Waals surface area contributed by atoms with E-state index in [0.717, 1.165) is 63.4 Å². The van der Waals surface area contributed by atoms with Crippen molar-refractivity contribution >= 4 is 5.91 Å². The first-order chi connectivity index (χ1) is 26.7. The third-order valence-electron chi connectivity index (χ3n) is 18.0. The van der Waals surface area contributed by atoms with E-state index in [1.807, 2.05) is 6.92 Å². The van der Waals surface area contributed by atoms with Crippen LogP contribution in [0.25, 0.3) is 0 Å². The van der Waals surface area contributed by atoms with Crippen molar-refractivity contribution in [3.63, 3.8) is 0 Å². The smallest absolute Gasteiger partial charge is 0.226 e. The molecule has 0 radical (unpaired) electrons. The Bertz CT molecular complexity index is 1540. The van der Waals surface area contributed by atoms with Gasteiger partial charge in [-0.1, -0.05) is 52.0 Å². The molecule has 5 saturated carbocycles. The zero-order chi connectivity index (χ0) is 41.6. The van der Waals surface area contributed by atoms with Crippen LogP contribution in [0, 0.1) is 56.7 Å². The number of hydrogen-bond acceptors (Lipinski definition) is 11. The van der Waals surface area contributed by atoms with Gasteiger partial charge in [-0.15, -0.1) is 0 Å². The van der Waals surface area contributed by atoms with Gasteiger partial charge in [0.1, 0.15) is 36.6 Å². The highest BCUT2D eigenvalue weighted by atomic mass is 16.8. The Balaban J connectivity index is 1.13.